The summed E-state index contributed by atoms with van der Waals surface area (Å²) in [5.74, 6) is 0. The summed E-state index contributed by atoms with van der Waals surface area (Å²) in [6.45, 7) is 0.817. The van der Waals surface area contributed by atoms with Gasteiger partial charge in [0, 0.05) is 0 Å². The van der Waals surface area contributed by atoms with Crippen LogP contribution in [-0.2, 0) is 16.1 Å². The summed E-state index contributed by atoms with van der Waals surface area (Å²) in [6, 6.07) is 9.55. The monoisotopic (exact) mass is 208 g/mol. The lowest BCUT2D eigenvalue weighted by molar-refractivity contribution is -0.129. The summed E-state index contributed by atoms with van der Waals surface area (Å²) >= 11 is 0. The molecule has 0 saturated carbocycles. The maximum Gasteiger partial charge on any atom is 0.293 e. The molecule has 0 aliphatic rings. The molecule has 0 heterocycles. The first kappa shape index (κ1) is 13.8. The molecule has 0 atom stereocenters. The van der Waals surface area contributed by atoms with Crippen LogP contribution in [-0.4, -0.2) is 6.47 Å². The zero-order valence-electron chi connectivity index (χ0n) is 6.30. The predicted molar refractivity (Wildman–Crippen MR) is 51.8 cm³/mol. The molecule has 0 radical (unpaired) electrons. The molecule has 0 N–H and O–H groups in total. The van der Waals surface area contributed by atoms with Crippen LogP contribution in [0.2, 0.25) is 0 Å². The van der Waals surface area contributed by atoms with Crippen LogP contribution in [0, 0.1) is 0 Å². The second kappa shape index (κ2) is 8.37. The summed E-state index contributed by atoms with van der Waals surface area (Å²) in [5, 5.41) is 0. The molecular weight excluding hydrogens is 199 g/mol. The Morgan fingerprint density at radius 3 is 2.25 bits per heavy atom. The fraction of sp³-hybridized carbons (Fsp3) is 0.125. The van der Waals surface area contributed by atoms with Gasteiger partial charge in [-0.2, -0.15) is 0 Å². The lowest BCUT2D eigenvalue weighted by atomic mass is 10.2. The van der Waals surface area contributed by atoms with Crippen LogP contribution in [0.3, 0.4) is 0 Å². The van der Waals surface area contributed by atoms with Gasteiger partial charge in [0.1, 0.15) is 6.61 Å². The first-order valence-corrected chi connectivity index (χ1v) is 3.02. The molecule has 0 aliphatic heterocycles. The van der Waals surface area contributed by atoms with Crippen LogP contribution in [0.5, 0.6) is 0 Å². The van der Waals surface area contributed by atoms with Crippen LogP contribution in [0.15, 0.2) is 30.3 Å². The Morgan fingerprint density at radius 1 is 1.17 bits per heavy atom. The molecule has 0 unspecified atom stereocenters. The minimum absolute atomic E-state index is 0. The number of hydrogen-bond donors (Lipinski definition) is 0. The number of ether oxygens (including phenoxy) is 1. The molecule has 0 aromatic heterocycles. The SMILES string of the molecule is Cl.Cl.O=COCc1ccccc1. The van der Waals surface area contributed by atoms with Crippen molar-refractivity contribution >= 4 is 31.3 Å². The van der Waals surface area contributed by atoms with E-state index in [0.717, 1.165) is 5.56 Å². The Hall–Kier alpha value is -0.730. The van der Waals surface area contributed by atoms with Gasteiger partial charge in [0.05, 0.1) is 0 Å². The standard InChI is InChI=1S/C8H8O2.2ClH/c9-7-10-6-8-4-2-1-3-5-8;;/h1-5,7H,6H2;2*1H. The molecule has 0 amide bonds. The molecule has 0 spiro atoms. The second-order valence-electron chi connectivity index (χ2n) is 1.89. The number of hydrogen-bond acceptors (Lipinski definition) is 2. The zero-order chi connectivity index (χ0) is 7.23. The van der Waals surface area contributed by atoms with Gasteiger partial charge in [-0.3, -0.25) is 4.79 Å². The van der Waals surface area contributed by atoms with E-state index in [1.54, 1.807) is 0 Å². The van der Waals surface area contributed by atoms with Crippen molar-refractivity contribution in [3.8, 4) is 0 Å². The van der Waals surface area contributed by atoms with E-state index < -0.39 is 0 Å². The topological polar surface area (TPSA) is 26.3 Å². The van der Waals surface area contributed by atoms with E-state index in [4.69, 9.17) is 0 Å². The van der Waals surface area contributed by atoms with E-state index in [1.165, 1.54) is 0 Å². The number of carbonyl (C=O) groups is 1. The van der Waals surface area contributed by atoms with Gasteiger partial charge >= 0.3 is 0 Å². The Kier molecular flexibility index (Phi) is 9.65. The van der Waals surface area contributed by atoms with Crippen LogP contribution < -0.4 is 0 Å². The van der Waals surface area contributed by atoms with Crippen molar-refractivity contribution in [2.75, 3.05) is 0 Å². The third-order valence-electron chi connectivity index (χ3n) is 1.16. The Morgan fingerprint density at radius 2 is 1.75 bits per heavy atom. The van der Waals surface area contributed by atoms with Crippen molar-refractivity contribution in [3.05, 3.63) is 35.9 Å². The summed E-state index contributed by atoms with van der Waals surface area (Å²) in [4.78, 5) is 9.76. The summed E-state index contributed by atoms with van der Waals surface area (Å²) in [5.41, 5.74) is 1.01. The molecular formula is C8H10Cl2O2. The first-order valence-electron chi connectivity index (χ1n) is 3.02. The number of rotatable bonds is 3. The van der Waals surface area contributed by atoms with E-state index in [0.29, 0.717) is 13.1 Å². The molecule has 68 valence electrons. The van der Waals surface area contributed by atoms with Gasteiger partial charge in [-0.15, -0.1) is 24.8 Å². The van der Waals surface area contributed by atoms with Crippen LogP contribution in [0.25, 0.3) is 0 Å². The number of halogens is 2. The number of carbonyl (C=O) groups excluding carboxylic acids is 1. The van der Waals surface area contributed by atoms with Crippen molar-refractivity contribution in [3.63, 3.8) is 0 Å². The maximum atomic E-state index is 9.76. The van der Waals surface area contributed by atoms with E-state index in [2.05, 4.69) is 4.74 Å². The molecule has 0 bridgehead atoms. The molecule has 0 aliphatic carbocycles. The Bertz CT molecular complexity index is 201. The minimum atomic E-state index is 0. The third-order valence-corrected chi connectivity index (χ3v) is 1.16. The van der Waals surface area contributed by atoms with Gasteiger partial charge < -0.3 is 4.74 Å². The molecule has 4 heteroatoms. The van der Waals surface area contributed by atoms with Gasteiger partial charge in [0.15, 0.2) is 0 Å². The van der Waals surface area contributed by atoms with E-state index in [1.807, 2.05) is 30.3 Å². The minimum Gasteiger partial charge on any atom is -0.463 e. The molecule has 1 aromatic rings. The second-order valence-corrected chi connectivity index (χ2v) is 1.89. The van der Waals surface area contributed by atoms with Gasteiger partial charge in [-0.25, -0.2) is 0 Å². The largest absolute Gasteiger partial charge is 0.463 e. The summed E-state index contributed by atoms with van der Waals surface area (Å²) in [6.07, 6.45) is 0. The third kappa shape index (κ3) is 4.99. The van der Waals surface area contributed by atoms with Crippen molar-refractivity contribution < 1.29 is 9.53 Å². The van der Waals surface area contributed by atoms with Gasteiger partial charge in [0.2, 0.25) is 0 Å². The quantitative estimate of drug-likeness (QED) is 0.713. The van der Waals surface area contributed by atoms with E-state index in [9.17, 15) is 4.79 Å². The summed E-state index contributed by atoms with van der Waals surface area (Å²) in [7, 11) is 0. The highest BCUT2D eigenvalue weighted by Gasteiger charge is 1.87. The molecule has 12 heavy (non-hydrogen) atoms. The highest BCUT2D eigenvalue weighted by Crippen LogP contribution is 1.98. The predicted octanol–water partition coefficient (Wildman–Crippen LogP) is 2.20. The molecule has 1 aromatic carbocycles. The first-order chi connectivity index (χ1) is 4.93. The van der Waals surface area contributed by atoms with Crippen molar-refractivity contribution in [2.24, 2.45) is 0 Å². The zero-order valence-corrected chi connectivity index (χ0v) is 7.94. The average Bonchev–Trinajstić information content (AvgIpc) is 2.03. The molecule has 1 rings (SSSR count). The van der Waals surface area contributed by atoms with Crippen LogP contribution >= 0.6 is 24.8 Å². The highest BCUT2D eigenvalue weighted by molar-refractivity contribution is 5.85. The lowest BCUT2D eigenvalue weighted by Crippen LogP contribution is -1.88. The average molecular weight is 209 g/mol. The summed E-state index contributed by atoms with van der Waals surface area (Å²) < 4.78 is 4.54. The fourth-order valence-electron chi connectivity index (χ4n) is 0.704. The van der Waals surface area contributed by atoms with Gasteiger partial charge in [-0.05, 0) is 5.56 Å². The van der Waals surface area contributed by atoms with Crippen molar-refractivity contribution in [1.82, 2.24) is 0 Å². The van der Waals surface area contributed by atoms with Crippen LogP contribution in [0.4, 0.5) is 0 Å². The normalized spacial score (nSPS) is 7.33. The van der Waals surface area contributed by atoms with Crippen LogP contribution in [0.1, 0.15) is 5.56 Å². The number of benzene rings is 1. The van der Waals surface area contributed by atoms with E-state index in [-0.39, 0.29) is 24.8 Å². The van der Waals surface area contributed by atoms with Gasteiger partial charge in [0.25, 0.3) is 6.47 Å². The van der Waals surface area contributed by atoms with E-state index >= 15 is 0 Å². The molecule has 0 saturated heterocycles. The van der Waals surface area contributed by atoms with Crippen molar-refractivity contribution in [1.29, 1.82) is 0 Å². The fourth-order valence-corrected chi connectivity index (χ4v) is 0.704. The highest BCUT2D eigenvalue weighted by atomic mass is 35.5. The maximum absolute atomic E-state index is 9.76. The Balaban J connectivity index is 0. The smallest absolute Gasteiger partial charge is 0.293 e. The lowest BCUT2D eigenvalue weighted by Gasteiger charge is -1.95. The molecule has 2 nitrogen and oxygen atoms in total. The van der Waals surface area contributed by atoms with Crippen molar-refractivity contribution in [2.45, 2.75) is 6.61 Å². The molecule has 0 fully saturated rings. The Labute approximate surface area is 83.7 Å². The van der Waals surface area contributed by atoms with Gasteiger partial charge in [-0.1, -0.05) is 30.3 Å².